The summed E-state index contributed by atoms with van der Waals surface area (Å²) in [4.78, 5) is 37.8. The molecule has 1 fully saturated rings. The summed E-state index contributed by atoms with van der Waals surface area (Å²) in [7, 11) is -17.4. The summed E-state index contributed by atoms with van der Waals surface area (Å²) in [5.74, 6) is -3.63. The molecule has 0 saturated carbocycles. The van der Waals surface area contributed by atoms with Crippen molar-refractivity contribution in [2.24, 2.45) is 0 Å². The Kier molecular flexibility index (Phi) is 8.18. The topological polar surface area (TPSA) is 230 Å². The number of phosphoric ester groups is 1. The van der Waals surface area contributed by atoms with E-state index >= 15 is 4.39 Å². The number of aromatic nitrogens is 2. The average molecular weight is 566 g/mol. The molecule has 6 atom stereocenters. The zero-order valence-corrected chi connectivity index (χ0v) is 19.4. The number of ether oxygens (including phenoxy) is 1. The Bertz CT molecular complexity index is 1130. The molecule has 2 rings (SSSR count). The lowest BCUT2D eigenvalue weighted by Crippen LogP contribution is -2.52. The predicted octanol–water partition coefficient (Wildman–Crippen LogP) is 0.875. The maximum Gasteiger partial charge on any atom is 0.490 e. The van der Waals surface area contributed by atoms with Crippen molar-refractivity contribution in [1.82, 2.24) is 9.55 Å². The molecule has 184 valence electrons. The van der Waals surface area contributed by atoms with Crippen molar-refractivity contribution in [2.75, 3.05) is 13.3 Å². The van der Waals surface area contributed by atoms with E-state index in [2.05, 4.69) is 18.1 Å². The van der Waals surface area contributed by atoms with Gasteiger partial charge in [-0.2, -0.15) is 8.62 Å². The Hall–Kier alpha value is -0.330. The van der Waals surface area contributed by atoms with Gasteiger partial charge in [-0.15, -0.1) is 0 Å². The number of aliphatic hydroxyl groups is 2. The number of halogens is 2. The highest BCUT2D eigenvalue weighted by Crippen LogP contribution is 2.66. The van der Waals surface area contributed by atoms with E-state index in [9.17, 15) is 33.2 Å². The quantitative estimate of drug-likeness (QED) is 0.162. The normalized spacial score (nSPS) is 32.4. The first-order chi connectivity index (χ1) is 14.3. The lowest BCUT2D eigenvalue weighted by molar-refractivity contribution is -0.204. The van der Waals surface area contributed by atoms with Gasteiger partial charge in [-0.05, 0) is 18.3 Å². The van der Waals surface area contributed by atoms with Crippen LogP contribution in [-0.4, -0.2) is 70.2 Å². The minimum Gasteiger partial charge on any atom is -0.384 e. The molecule has 3 unspecified atom stereocenters. The standard InChI is InChI=1S/C10H15F2N2O13P3S2/c11-3-9(16)6(15)10(12,25-7(9)14-2-1-5(31)13-8(14)32)4-24-29(20,21)27-30(22,23)26-28(17,18)19/h1-2,6-7,15-16H,3-4H2,(H,20,21)(H,22,23)(H,13,31,32)(H2,17,18,19)/t6-,7-,9?,10-/m1/s1. The van der Waals surface area contributed by atoms with E-state index in [-0.39, 0.29) is 9.41 Å². The molecular weight excluding hydrogens is 551 g/mol. The summed E-state index contributed by atoms with van der Waals surface area (Å²) in [6.45, 7) is -3.62. The zero-order chi connectivity index (χ0) is 24.8. The van der Waals surface area contributed by atoms with E-state index in [0.29, 0.717) is 0 Å². The number of H-pyrrole nitrogens is 1. The highest BCUT2D eigenvalue weighted by atomic mass is 32.1. The zero-order valence-electron chi connectivity index (χ0n) is 15.1. The number of aliphatic hydroxyl groups excluding tert-OH is 1. The molecule has 2 heterocycles. The van der Waals surface area contributed by atoms with Crippen LogP contribution in [0.2, 0.25) is 0 Å². The van der Waals surface area contributed by atoms with E-state index in [1.54, 1.807) is 0 Å². The van der Waals surface area contributed by atoms with Crippen LogP contribution in [0.5, 0.6) is 0 Å². The summed E-state index contributed by atoms with van der Waals surface area (Å²) < 4.78 is 78.8. The predicted molar refractivity (Wildman–Crippen MR) is 101 cm³/mol. The van der Waals surface area contributed by atoms with Gasteiger partial charge in [0.25, 0.3) is 5.85 Å². The Morgan fingerprint density at radius 1 is 1.19 bits per heavy atom. The number of hydrogen-bond acceptors (Lipinski definition) is 11. The van der Waals surface area contributed by atoms with Gasteiger partial charge in [0, 0.05) is 6.20 Å². The van der Waals surface area contributed by atoms with E-state index in [4.69, 9.17) is 43.9 Å². The van der Waals surface area contributed by atoms with Crippen LogP contribution in [-0.2, 0) is 31.6 Å². The van der Waals surface area contributed by atoms with Crippen molar-refractivity contribution in [2.45, 2.75) is 23.8 Å². The van der Waals surface area contributed by atoms with Crippen molar-refractivity contribution in [3.63, 3.8) is 0 Å². The molecule has 0 bridgehead atoms. The molecule has 0 aliphatic carbocycles. The minimum atomic E-state index is -5.90. The Morgan fingerprint density at radius 2 is 1.78 bits per heavy atom. The molecule has 1 aromatic rings. The third kappa shape index (κ3) is 6.41. The molecule has 0 spiro atoms. The average Bonchev–Trinajstić information content (AvgIpc) is 2.80. The molecule has 0 aromatic carbocycles. The van der Waals surface area contributed by atoms with Gasteiger partial charge < -0.3 is 39.5 Å². The highest BCUT2D eigenvalue weighted by molar-refractivity contribution is 7.72. The summed E-state index contributed by atoms with van der Waals surface area (Å²) in [5, 5.41) is 20.6. The smallest absolute Gasteiger partial charge is 0.384 e. The number of aromatic amines is 1. The first kappa shape index (κ1) is 27.9. The summed E-state index contributed by atoms with van der Waals surface area (Å²) in [6.07, 6.45) is -3.77. The molecule has 32 heavy (non-hydrogen) atoms. The molecule has 7 N–H and O–H groups in total. The van der Waals surface area contributed by atoms with Crippen LogP contribution in [0.3, 0.4) is 0 Å². The molecule has 0 amide bonds. The van der Waals surface area contributed by atoms with Crippen LogP contribution < -0.4 is 0 Å². The third-order valence-corrected chi connectivity index (χ3v) is 8.11. The molecule has 1 aliphatic rings. The van der Waals surface area contributed by atoms with Crippen molar-refractivity contribution >= 4 is 47.9 Å². The maximum atomic E-state index is 15.2. The lowest BCUT2D eigenvalue weighted by Gasteiger charge is -2.29. The Labute approximate surface area is 186 Å². The van der Waals surface area contributed by atoms with Gasteiger partial charge in [-0.3, -0.25) is 9.09 Å². The van der Waals surface area contributed by atoms with Gasteiger partial charge in [-0.25, -0.2) is 22.5 Å². The second-order valence-corrected chi connectivity index (χ2v) is 11.4. The van der Waals surface area contributed by atoms with Gasteiger partial charge >= 0.3 is 23.5 Å². The number of hydrogen-bond donors (Lipinski definition) is 7. The summed E-state index contributed by atoms with van der Waals surface area (Å²) >= 11 is 9.73. The number of alkyl halides is 2. The fourth-order valence-electron chi connectivity index (χ4n) is 2.49. The van der Waals surface area contributed by atoms with Crippen LogP contribution in [0.15, 0.2) is 12.3 Å². The number of nitrogens with one attached hydrogen (secondary N) is 1. The van der Waals surface area contributed by atoms with E-state index in [1.807, 2.05) is 0 Å². The number of phosphoric acid groups is 3. The molecule has 1 aromatic heterocycles. The number of nitrogens with zero attached hydrogens (tertiary/aromatic N) is 1. The van der Waals surface area contributed by atoms with Crippen LogP contribution in [0.4, 0.5) is 8.78 Å². The molecule has 0 radical (unpaired) electrons. The maximum absolute atomic E-state index is 15.2. The Balaban J connectivity index is 2.27. The van der Waals surface area contributed by atoms with Crippen LogP contribution in [0, 0.1) is 9.41 Å². The fourth-order valence-corrected chi connectivity index (χ4v) is 6.02. The Morgan fingerprint density at radius 3 is 2.28 bits per heavy atom. The summed E-state index contributed by atoms with van der Waals surface area (Å²) in [6, 6.07) is 1.20. The molecular formula is C10H15F2N2O13P3S2. The molecule has 15 nitrogen and oxygen atoms in total. The van der Waals surface area contributed by atoms with E-state index in [0.717, 1.165) is 10.8 Å². The first-order valence-corrected chi connectivity index (χ1v) is 13.1. The van der Waals surface area contributed by atoms with Gasteiger partial charge in [-0.1, -0.05) is 12.2 Å². The van der Waals surface area contributed by atoms with Gasteiger partial charge in [0.15, 0.2) is 22.7 Å². The second-order valence-electron chi connectivity index (χ2n) is 6.17. The van der Waals surface area contributed by atoms with Crippen LogP contribution in [0.25, 0.3) is 0 Å². The van der Waals surface area contributed by atoms with Crippen molar-refractivity contribution < 1.29 is 70.1 Å². The van der Waals surface area contributed by atoms with Crippen molar-refractivity contribution in [3.05, 3.63) is 21.7 Å². The number of rotatable bonds is 9. The third-order valence-electron chi connectivity index (χ3n) is 3.78. The molecule has 22 heteroatoms. The van der Waals surface area contributed by atoms with Crippen molar-refractivity contribution in [1.29, 1.82) is 0 Å². The lowest BCUT2D eigenvalue weighted by atomic mass is 9.94. The molecule has 1 saturated heterocycles. The van der Waals surface area contributed by atoms with Crippen LogP contribution in [0.1, 0.15) is 6.23 Å². The van der Waals surface area contributed by atoms with Gasteiger partial charge in [0.2, 0.25) is 0 Å². The van der Waals surface area contributed by atoms with Gasteiger partial charge in [0.05, 0.1) is 0 Å². The van der Waals surface area contributed by atoms with E-state index < -0.39 is 60.5 Å². The first-order valence-electron chi connectivity index (χ1n) is 7.77. The largest absolute Gasteiger partial charge is 0.490 e. The summed E-state index contributed by atoms with van der Waals surface area (Å²) in [5.41, 5.74) is -3.01. The van der Waals surface area contributed by atoms with Crippen molar-refractivity contribution in [3.8, 4) is 0 Å². The monoisotopic (exact) mass is 566 g/mol. The SMILES string of the molecule is O=P(O)(O)OP(=O)(O)OP(=O)(O)OC[C@@]1(F)O[C@@H](n2ccc(=S)[nH]c2=S)C(O)(CF)[C@H]1O. The van der Waals surface area contributed by atoms with Gasteiger partial charge in [0.1, 0.15) is 17.9 Å². The highest BCUT2D eigenvalue weighted by Gasteiger charge is 2.66. The minimum absolute atomic E-state index is 0.104. The fraction of sp³-hybridized carbons (Fsp3) is 0.600. The second kappa shape index (κ2) is 9.37. The van der Waals surface area contributed by atoms with Crippen LogP contribution >= 0.6 is 47.9 Å². The molecule has 1 aliphatic heterocycles. The van der Waals surface area contributed by atoms with E-state index in [1.165, 1.54) is 6.07 Å².